The first-order chi connectivity index (χ1) is 11.0. The summed E-state index contributed by atoms with van der Waals surface area (Å²) in [6, 6.07) is 11.6. The number of allylic oxidation sites excluding steroid dienone is 1. The zero-order valence-corrected chi connectivity index (χ0v) is 13.7. The molecule has 3 nitrogen and oxygen atoms in total. The fourth-order valence-electron chi connectivity index (χ4n) is 1.96. The van der Waals surface area contributed by atoms with Gasteiger partial charge in [0.15, 0.2) is 17.3 Å². The molecule has 0 aliphatic carbocycles. The molecule has 0 saturated heterocycles. The molecule has 2 aromatic carbocycles. The number of carbonyl (C=O) groups is 1. The van der Waals surface area contributed by atoms with E-state index in [1.807, 2.05) is 0 Å². The Morgan fingerprint density at radius 2 is 1.91 bits per heavy atom. The first-order valence-electron chi connectivity index (χ1n) is 6.61. The Balaban J connectivity index is 2.32. The molecular formula is C17H13BrF2O3. The van der Waals surface area contributed by atoms with Gasteiger partial charge < -0.3 is 9.47 Å². The number of carbonyl (C=O) groups excluding carboxylic acids is 1. The lowest BCUT2D eigenvalue weighted by Crippen LogP contribution is -2.05. The summed E-state index contributed by atoms with van der Waals surface area (Å²) < 4.78 is 35.3. The maximum atomic E-state index is 12.6. The number of alkyl halides is 2. The van der Waals surface area contributed by atoms with Gasteiger partial charge in [0, 0.05) is 15.6 Å². The molecule has 0 amide bonds. The van der Waals surface area contributed by atoms with Crippen molar-refractivity contribution in [1.82, 2.24) is 0 Å². The number of para-hydroxylation sites is 1. The van der Waals surface area contributed by atoms with Crippen LogP contribution in [0.25, 0.3) is 6.08 Å². The Bertz CT molecular complexity index is 730. The van der Waals surface area contributed by atoms with Gasteiger partial charge in [-0.1, -0.05) is 40.2 Å². The van der Waals surface area contributed by atoms with Crippen LogP contribution in [0.4, 0.5) is 8.78 Å². The second-order valence-corrected chi connectivity index (χ2v) is 5.29. The molecule has 6 heteroatoms. The van der Waals surface area contributed by atoms with Crippen molar-refractivity contribution in [2.75, 3.05) is 7.11 Å². The number of hydrogen-bond acceptors (Lipinski definition) is 3. The lowest BCUT2D eigenvalue weighted by Gasteiger charge is -2.12. The summed E-state index contributed by atoms with van der Waals surface area (Å²) in [6.45, 7) is -2.99. The summed E-state index contributed by atoms with van der Waals surface area (Å²) in [5.74, 6) is -0.203. The van der Waals surface area contributed by atoms with Gasteiger partial charge in [-0.3, -0.25) is 4.79 Å². The number of methoxy groups -OCH3 is 1. The first-order valence-corrected chi connectivity index (χ1v) is 7.41. The van der Waals surface area contributed by atoms with E-state index in [1.165, 1.54) is 25.3 Å². The van der Waals surface area contributed by atoms with E-state index < -0.39 is 6.61 Å². The minimum Gasteiger partial charge on any atom is -0.493 e. The van der Waals surface area contributed by atoms with Crippen LogP contribution in [0.3, 0.4) is 0 Å². The first kappa shape index (κ1) is 17.1. The van der Waals surface area contributed by atoms with Gasteiger partial charge in [0.2, 0.25) is 0 Å². The highest BCUT2D eigenvalue weighted by molar-refractivity contribution is 9.10. The third kappa shape index (κ3) is 4.39. The minimum absolute atomic E-state index is 0.110. The predicted octanol–water partition coefficient (Wildman–Crippen LogP) is 4.96. The van der Waals surface area contributed by atoms with Gasteiger partial charge >= 0.3 is 6.61 Å². The highest BCUT2D eigenvalue weighted by atomic mass is 79.9. The van der Waals surface area contributed by atoms with Crippen LogP contribution in [0, 0.1) is 0 Å². The van der Waals surface area contributed by atoms with Crippen LogP contribution in [0.1, 0.15) is 15.9 Å². The minimum atomic E-state index is -2.99. The standard InChI is InChI=1S/C17H13BrF2O3/c1-22-15-8-4-5-11(16(15)23-17(19)20)9-10-14(21)12-6-2-3-7-13(12)18/h2-10,17H,1H3/b10-9+. The fourth-order valence-corrected chi connectivity index (χ4v) is 2.44. The molecule has 120 valence electrons. The number of ether oxygens (including phenoxy) is 2. The van der Waals surface area contributed by atoms with Gasteiger partial charge in [0.1, 0.15) is 0 Å². The van der Waals surface area contributed by atoms with Crippen LogP contribution in [-0.2, 0) is 0 Å². The Labute approximate surface area is 140 Å². The molecule has 0 radical (unpaired) electrons. The van der Waals surface area contributed by atoms with E-state index in [2.05, 4.69) is 20.7 Å². The van der Waals surface area contributed by atoms with Gasteiger partial charge in [-0.15, -0.1) is 0 Å². The van der Waals surface area contributed by atoms with Gasteiger partial charge in [-0.05, 0) is 30.4 Å². The van der Waals surface area contributed by atoms with Crippen molar-refractivity contribution in [3.8, 4) is 11.5 Å². The molecule has 0 fully saturated rings. The van der Waals surface area contributed by atoms with Crippen molar-refractivity contribution in [1.29, 1.82) is 0 Å². The van der Waals surface area contributed by atoms with Gasteiger partial charge in [-0.2, -0.15) is 8.78 Å². The number of halogens is 3. The van der Waals surface area contributed by atoms with E-state index in [4.69, 9.17) is 4.74 Å². The fraction of sp³-hybridized carbons (Fsp3) is 0.118. The largest absolute Gasteiger partial charge is 0.493 e. The molecule has 0 unspecified atom stereocenters. The molecule has 2 aromatic rings. The average Bonchev–Trinajstić information content (AvgIpc) is 2.53. The summed E-state index contributed by atoms with van der Waals surface area (Å²) in [5.41, 5.74) is 0.799. The molecule has 0 aromatic heterocycles. The zero-order valence-electron chi connectivity index (χ0n) is 12.1. The van der Waals surface area contributed by atoms with Crippen molar-refractivity contribution in [3.63, 3.8) is 0 Å². The molecular weight excluding hydrogens is 370 g/mol. The highest BCUT2D eigenvalue weighted by Gasteiger charge is 2.14. The van der Waals surface area contributed by atoms with E-state index in [0.29, 0.717) is 15.6 Å². The van der Waals surface area contributed by atoms with E-state index >= 15 is 0 Å². The molecule has 23 heavy (non-hydrogen) atoms. The van der Waals surface area contributed by atoms with Gasteiger partial charge in [-0.25, -0.2) is 0 Å². The van der Waals surface area contributed by atoms with Gasteiger partial charge in [0.25, 0.3) is 0 Å². The third-order valence-corrected chi connectivity index (χ3v) is 3.68. The van der Waals surface area contributed by atoms with Crippen LogP contribution >= 0.6 is 15.9 Å². The Morgan fingerprint density at radius 1 is 1.17 bits per heavy atom. The molecule has 0 spiro atoms. The maximum absolute atomic E-state index is 12.6. The Hall–Kier alpha value is -2.21. The SMILES string of the molecule is COc1cccc(/C=C/C(=O)c2ccccc2Br)c1OC(F)F. The smallest absolute Gasteiger partial charge is 0.387 e. The Kier molecular flexibility index (Phi) is 5.87. The lowest BCUT2D eigenvalue weighted by molar-refractivity contribution is -0.0513. The summed E-state index contributed by atoms with van der Waals surface area (Å²) in [6.07, 6.45) is 2.72. The number of ketones is 1. The molecule has 0 bridgehead atoms. The lowest BCUT2D eigenvalue weighted by atomic mass is 10.1. The van der Waals surface area contributed by atoms with Crippen LogP contribution in [0.2, 0.25) is 0 Å². The number of benzene rings is 2. The highest BCUT2D eigenvalue weighted by Crippen LogP contribution is 2.33. The summed E-state index contributed by atoms with van der Waals surface area (Å²) in [4.78, 5) is 12.2. The molecule has 0 saturated carbocycles. The van der Waals surface area contributed by atoms with Crippen molar-refractivity contribution >= 4 is 27.8 Å². The predicted molar refractivity (Wildman–Crippen MR) is 87.1 cm³/mol. The molecule has 0 aliphatic heterocycles. The molecule has 0 atom stereocenters. The van der Waals surface area contributed by atoms with E-state index in [0.717, 1.165) is 0 Å². The zero-order chi connectivity index (χ0) is 16.8. The summed E-state index contributed by atoms with van der Waals surface area (Å²) >= 11 is 3.29. The van der Waals surface area contributed by atoms with Gasteiger partial charge in [0.05, 0.1) is 7.11 Å². The topological polar surface area (TPSA) is 35.5 Å². The summed E-state index contributed by atoms with van der Waals surface area (Å²) in [5, 5.41) is 0. The average molecular weight is 383 g/mol. The van der Waals surface area contributed by atoms with Crippen molar-refractivity contribution in [2.45, 2.75) is 6.61 Å². The van der Waals surface area contributed by atoms with E-state index in [-0.39, 0.29) is 17.3 Å². The number of rotatable bonds is 6. The normalized spacial score (nSPS) is 11.0. The van der Waals surface area contributed by atoms with Crippen LogP contribution in [0.5, 0.6) is 11.5 Å². The molecule has 0 aliphatic rings. The number of hydrogen-bond donors (Lipinski definition) is 0. The summed E-state index contributed by atoms with van der Waals surface area (Å²) in [7, 11) is 1.35. The Morgan fingerprint density at radius 3 is 2.57 bits per heavy atom. The van der Waals surface area contributed by atoms with E-state index in [1.54, 1.807) is 36.4 Å². The molecule has 0 heterocycles. The second kappa shape index (κ2) is 7.87. The maximum Gasteiger partial charge on any atom is 0.387 e. The monoisotopic (exact) mass is 382 g/mol. The van der Waals surface area contributed by atoms with Crippen molar-refractivity contribution in [2.24, 2.45) is 0 Å². The van der Waals surface area contributed by atoms with Crippen LogP contribution in [0.15, 0.2) is 53.0 Å². The van der Waals surface area contributed by atoms with Crippen molar-refractivity contribution < 1.29 is 23.0 Å². The van der Waals surface area contributed by atoms with Crippen LogP contribution in [-0.4, -0.2) is 19.5 Å². The quantitative estimate of drug-likeness (QED) is 0.523. The third-order valence-electron chi connectivity index (χ3n) is 2.99. The second-order valence-electron chi connectivity index (χ2n) is 4.43. The van der Waals surface area contributed by atoms with E-state index in [9.17, 15) is 13.6 Å². The molecule has 2 rings (SSSR count). The van der Waals surface area contributed by atoms with Crippen LogP contribution < -0.4 is 9.47 Å². The molecule has 0 N–H and O–H groups in total. The van der Waals surface area contributed by atoms with Crippen molar-refractivity contribution in [3.05, 3.63) is 64.1 Å².